The molecular weight excluding hydrogens is 385 g/mol. The van der Waals surface area contributed by atoms with Crippen LogP contribution in [-0.4, -0.2) is 28.8 Å². The molecule has 0 aliphatic rings. The molecule has 0 aliphatic carbocycles. The molecule has 0 aromatic heterocycles. The number of benzene rings is 1. The van der Waals surface area contributed by atoms with Crippen LogP contribution in [0.5, 0.6) is 0 Å². The molecule has 5 nitrogen and oxygen atoms in total. The van der Waals surface area contributed by atoms with E-state index >= 15 is 0 Å². The molecule has 21 heavy (non-hydrogen) atoms. The molecule has 1 aromatic rings. The van der Waals surface area contributed by atoms with Crippen LogP contribution in [0.15, 0.2) is 24.3 Å². The van der Waals surface area contributed by atoms with E-state index in [1.54, 1.807) is 20.8 Å². The average Bonchev–Trinajstić information content (AvgIpc) is 2.28. The number of hydrogen-bond acceptors (Lipinski definition) is 3. The fraction of sp³-hybridized carbons (Fsp3) is 0.467. The van der Waals surface area contributed by atoms with E-state index in [-0.39, 0.29) is 6.42 Å². The van der Waals surface area contributed by atoms with Gasteiger partial charge >= 0.3 is 12.1 Å². The number of aliphatic carboxylic acids is 1. The monoisotopic (exact) mass is 405 g/mol. The molecule has 1 atom stereocenters. The second-order valence-corrected chi connectivity index (χ2v) is 7.02. The van der Waals surface area contributed by atoms with Crippen molar-refractivity contribution in [3.8, 4) is 0 Å². The number of carboxylic acids is 1. The first-order valence-electron chi connectivity index (χ1n) is 6.61. The molecule has 0 spiro atoms. The maximum Gasteiger partial charge on any atom is 0.407 e. The maximum atomic E-state index is 11.8. The summed E-state index contributed by atoms with van der Waals surface area (Å²) in [6, 6.07) is 7.24. The molecule has 0 bridgehead atoms. The highest BCUT2D eigenvalue weighted by Gasteiger charge is 2.21. The Kier molecular flexibility index (Phi) is 6.44. The fourth-order valence-electron chi connectivity index (χ4n) is 1.76. The standard InChI is InChI=1S/C15H20INO4/c1-15(2,3)21-14(20)17-12(9-13(18)19)8-10-4-6-11(16)7-5-10/h4-7,12H,8-9H2,1-3H3,(H,17,20)(H,18,19)/t12-/m1/s1. The molecule has 116 valence electrons. The fourth-order valence-corrected chi connectivity index (χ4v) is 2.12. The van der Waals surface area contributed by atoms with Gasteiger partial charge in [-0.15, -0.1) is 0 Å². The summed E-state index contributed by atoms with van der Waals surface area (Å²) in [5.74, 6) is -0.957. The van der Waals surface area contributed by atoms with Crippen molar-refractivity contribution in [2.24, 2.45) is 0 Å². The van der Waals surface area contributed by atoms with Crippen LogP contribution in [0.4, 0.5) is 4.79 Å². The Labute approximate surface area is 138 Å². The number of halogens is 1. The SMILES string of the molecule is CC(C)(C)OC(=O)N[C@@H](CC(=O)O)Cc1ccc(I)cc1. The Morgan fingerprint density at radius 2 is 1.86 bits per heavy atom. The number of amides is 1. The van der Waals surface area contributed by atoms with Gasteiger partial charge < -0.3 is 15.2 Å². The summed E-state index contributed by atoms with van der Waals surface area (Å²) in [4.78, 5) is 22.7. The molecule has 0 saturated carbocycles. The minimum absolute atomic E-state index is 0.148. The number of rotatable bonds is 5. The first-order chi connectivity index (χ1) is 9.65. The van der Waals surface area contributed by atoms with Crippen LogP contribution >= 0.6 is 22.6 Å². The predicted octanol–water partition coefficient (Wildman–Crippen LogP) is 3.20. The number of carbonyl (C=O) groups is 2. The molecule has 0 radical (unpaired) electrons. The first kappa shape index (κ1) is 17.7. The van der Waals surface area contributed by atoms with Gasteiger partial charge in [-0.2, -0.15) is 0 Å². The molecule has 0 unspecified atom stereocenters. The lowest BCUT2D eigenvalue weighted by molar-refractivity contribution is -0.137. The van der Waals surface area contributed by atoms with Crippen LogP contribution in [0, 0.1) is 3.57 Å². The van der Waals surface area contributed by atoms with Crippen molar-refractivity contribution in [1.82, 2.24) is 5.32 Å². The number of hydrogen-bond donors (Lipinski definition) is 2. The smallest absolute Gasteiger partial charge is 0.407 e. The highest BCUT2D eigenvalue weighted by atomic mass is 127. The van der Waals surface area contributed by atoms with Crippen LogP contribution in [0.3, 0.4) is 0 Å². The summed E-state index contributed by atoms with van der Waals surface area (Å²) in [6.45, 7) is 5.29. The van der Waals surface area contributed by atoms with Crippen LogP contribution < -0.4 is 5.32 Å². The van der Waals surface area contributed by atoms with E-state index in [9.17, 15) is 9.59 Å². The molecule has 2 N–H and O–H groups in total. The topological polar surface area (TPSA) is 75.6 Å². The lowest BCUT2D eigenvalue weighted by Gasteiger charge is -2.23. The zero-order valence-electron chi connectivity index (χ0n) is 12.4. The third-order valence-corrected chi connectivity index (χ3v) is 3.26. The highest BCUT2D eigenvalue weighted by molar-refractivity contribution is 14.1. The summed E-state index contributed by atoms with van der Waals surface area (Å²) in [5.41, 5.74) is 0.360. The van der Waals surface area contributed by atoms with Crippen molar-refractivity contribution in [2.45, 2.75) is 45.3 Å². The van der Waals surface area contributed by atoms with Crippen molar-refractivity contribution in [3.63, 3.8) is 0 Å². The molecule has 1 amide bonds. The molecule has 0 heterocycles. The van der Waals surface area contributed by atoms with Crippen LogP contribution in [0.1, 0.15) is 32.8 Å². The van der Waals surface area contributed by atoms with Crippen LogP contribution in [-0.2, 0) is 16.0 Å². The van der Waals surface area contributed by atoms with Crippen LogP contribution in [0.25, 0.3) is 0 Å². The largest absolute Gasteiger partial charge is 0.481 e. The van der Waals surface area contributed by atoms with Crippen molar-refractivity contribution in [3.05, 3.63) is 33.4 Å². The maximum absolute atomic E-state index is 11.8. The van der Waals surface area contributed by atoms with E-state index in [0.29, 0.717) is 6.42 Å². The Morgan fingerprint density at radius 1 is 1.29 bits per heavy atom. The van der Waals surface area contributed by atoms with E-state index < -0.39 is 23.7 Å². The zero-order valence-corrected chi connectivity index (χ0v) is 14.5. The van der Waals surface area contributed by atoms with Crippen molar-refractivity contribution < 1.29 is 19.4 Å². The second kappa shape index (κ2) is 7.63. The minimum Gasteiger partial charge on any atom is -0.481 e. The van der Waals surface area contributed by atoms with Gasteiger partial charge in [0, 0.05) is 9.61 Å². The normalized spacial score (nSPS) is 12.6. The molecule has 0 aliphatic heterocycles. The van der Waals surface area contributed by atoms with Gasteiger partial charge in [0.15, 0.2) is 0 Å². The number of ether oxygens (including phenoxy) is 1. The summed E-state index contributed by atoms with van der Waals surface area (Å²) < 4.78 is 6.27. The lowest BCUT2D eigenvalue weighted by atomic mass is 10.0. The predicted molar refractivity (Wildman–Crippen MR) is 88.3 cm³/mol. The molecule has 0 fully saturated rings. The van der Waals surface area contributed by atoms with E-state index in [4.69, 9.17) is 9.84 Å². The van der Waals surface area contributed by atoms with E-state index in [1.165, 1.54) is 0 Å². The van der Waals surface area contributed by atoms with Crippen LogP contribution in [0.2, 0.25) is 0 Å². The molecule has 6 heteroatoms. The van der Waals surface area contributed by atoms with E-state index in [2.05, 4.69) is 27.9 Å². The number of alkyl carbamates (subject to hydrolysis) is 1. The van der Waals surface area contributed by atoms with Gasteiger partial charge in [-0.05, 0) is 67.5 Å². The quantitative estimate of drug-likeness (QED) is 0.738. The molecule has 0 saturated heterocycles. The summed E-state index contributed by atoms with van der Waals surface area (Å²) >= 11 is 2.20. The van der Waals surface area contributed by atoms with Gasteiger partial charge in [-0.1, -0.05) is 12.1 Å². The number of nitrogens with one attached hydrogen (secondary N) is 1. The molecular formula is C15H20INO4. The van der Waals surface area contributed by atoms with E-state index in [1.807, 2.05) is 24.3 Å². The summed E-state index contributed by atoms with van der Waals surface area (Å²) in [7, 11) is 0. The third kappa shape index (κ3) is 7.89. The van der Waals surface area contributed by atoms with Gasteiger partial charge in [0.2, 0.25) is 0 Å². The third-order valence-electron chi connectivity index (χ3n) is 2.54. The van der Waals surface area contributed by atoms with Crippen molar-refractivity contribution in [2.75, 3.05) is 0 Å². The van der Waals surface area contributed by atoms with Crippen molar-refractivity contribution in [1.29, 1.82) is 0 Å². The van der Waals surface area contributed by atoms with Crippen molar-refractivity contribution >= 4 is 34.7 Å². The Bertz CT molecular complexity index is 493. The Hall–Kier alpha value is -1.31. The highest BCUT2D eigenvalue weighted by Crippen LogP contribution is 2.12. The number of carboxylic acid groups (broad SMARTS) is 1. The first-order valence-corrected chi connectivity index (χ1v) is 7.69. The van der Waals surface area contributed by atoms with E-state index in [0.717, 1.165) is 9.13 Å². The van der Waals surface area contributed by atoms with Gasteiger partial charge in [0.1, 0.15) is 5.60 Å². The molecule has 1 aromatic carbocycles. The minimum atomic E-state index is -0.957. The number of carbonyl (C=O) groups excluding carboxylic acids is 1. The molecule has 1 rings (SSSR count). The zero-order chi connectivity index (χ0) is 16.0. The van der Waals surface area contributed by atoms with Gasteiger partial charge in [0.05, 0.1) is 6.42 Å². The van der Waals surface area contributed by atoms with Gasteiger partial charge in [-0.3, -0.25) is 4.79 Å². The Morgan fingerprint density at radius 3 is 2.33 bits per heavy atom. The Balaban J connectivity index is 2.69. The lowest BCUT2D eigenvalue weighted by Crippen LogP contribution is -2.41. The summed E-state index contributed by atoms with van der Waals surface area (Å²) in [5, 5.41) is 11.6. The average molecular weight is 405 g/mol. The van der Waals surface area contributed by atoms with Gasteiger partial charge in [0.25, 0.3) is 0 Å². The summed E-state index contributed by atoms with van der Waals surface area (Å²) in [6.07, 6.45) is -0.299. The van der Waals surface area contributed by atoms with Gasteiger partial charge in [-0.25, -0.2) is 4.79 Å². The second-order valence-electron chi connectivity index (χ2n) is 5.77.